The highest BCUT2D eigenvalue weighted by molar-refractivity contribution is 5.85. The molecule has 1 aromatic heterocycles. The summed E-state index contributed by atoms with van der Waals surface area (Å²) in [6, 6.07) is 6.81. The smallest absolute Gasteiger partial charge is 0.223 e. The van der Waals surface area contributed by atoms with Gasteiger partial charge in [-0.2, -0.15) is 0 Å². The van der Waals surface area contributed by atoms with Crippen molar-refractivity contribution in [2.45, 2.75) is 64.0 Å². The normalized spacial score (nSPS) is 30.0. The predicted octanol–water partition coefficient (Wildman–Crippen LogP) is 3.47. The molecule has 0 radical (unpaired) electrons. The van der Waals surface area contributed by atoms with Gasteiger partial charge >= 0.3 is 0 Å². The second kappa shape index (κ2) is 10.1. The van der Waals surface area contributed by atoms with Gasteiger partial charge in [-0.15, -0.1) is 24.8 Å². The van der Waals surface area contributed by atoms with E-state index in [1.54, 1.807) is 0 Å². The van der Waals surface area contributed by atoms with Crippen LogP contribution in [0.4, 0.5) is 5.82 Å². The van der Waals surface area contributed by atoms with Gasteiger partial charge in [0.15, 0.2) is 0 Å². The molecule has 4 rings (SSSR count). The molecule has 0 spiro atoms. The minimum absolute atomic E-state index is 0. The van der Waals surface area contributed by atoms with Crippen LogP contribution in [0.25, 0.3) is 0 Å². The van der Waals surface area contributed by atoms with Crippen molar-refractivity contribution in [2.24, 2.45) is 23.5 Å². The zero-order chi connectivity index (χ0) is 18.1. The van der Waals surface area contributed by atoms with E-state index in [9.17, 15) is 4.79 Å². The number of pyridine rings is 1. The first-order valence-corrected chi connectivity index (χ1v) is 10.3. The Bertz CT molecular complexity index is 637. The molecule has 1 saturated heterocycles. The number of halogens is 2. The highest BCUT2D eigenvalue weighted by Gasteiger charge is 2.40. The molecule has 1 amide bonds. The van der Waals surface area contributed by atoms with Crippen molar-refractivity contribution in [1.82, 2.24) is 10.3 Å². The van der Waals surface area contributed by atoms with Crippen molar-refractivity contribution >= 4 is 36.5 Å². The summed E-state index contributed by atoms with van der Waals surface area (Å²) in [5, 5.41) is 3.35. The van der Waals surface area contributed by atoms with E-state index in [1.165, 1.54) is 19.3 Å². The number of piperidine rings is 1. The Morgan fingerprint density at radius 3 is 2.36 bits per heavy atom. The minimum atomic E-state index is 0. The van der Waals surface area contributed by atoms with Gasteiger partial charge < -0.3 is 16.0 Å². The second-order valence-corrected chi connectivity index (χ2v) is 8.60. The van der Waals surface area contributed by atoms with Gasteiger partial charge in [0, 0.05) is 36.8 Å². The van der Waals surface area contributed by atoms with E-state index in [-0.39, 0.29) is 36.6 Å². The molecule has 3 fully saturated rings. The molecule has 3 N–H and O–H groups in total. The number of hydrogen-bond donors (Lipinski definition) is 2. The molecule has 2 heterocycles. The summed E-state index contributed by atoms with van der Waals surface area (Å²) in [4.78, 5) is 19.8. The Morgan fingerprint density at radius 1 is 1.11 bits per heavy atom. The number of amides is 1. The number of nitrogens with zero attached hydrogens (tertiary/aromatic N) is 2. The van der Waals surface area contributed by atoms with Crippen LogP contribution in [0.3, 0.4) is 0 Å². The van der Waals surface area contributed by atoms with E-state index in [1.807, 2.05) is 13.0 Å². The first-order chi connectivity index (χ1) is 12.6. The van der Waals surface area contributed by atoms with Crippen LogP contribution in [0.1, 0.15) is 50.6 Å². The largest absolute Gasteiger partial charge is 0.356 e. The summed E-state index contributed by atoms with van der Waals surface area (Å²) >= 11 is 0. The van der Waals surface area contributed by atoms with Gasteiger partial charge in [0.25, 0.3) is 0 Å². The van der Waals surface area contributed by atoms with Crippen molar-refractivity contribution < 1.29 is 4.79 Å². The number of carbonyl (C=O) groups excluding carboxylic acids is 1. The van der Waals surface area contributed by atoms with E-state index >= 15 is 0 Å². The lowest BCUT2D eigenvalue weighted by Gasteiger charge is -2.44. The molecule has 1 aromatic rings. The third kappa shape index (κ3) is 5.11. The first-order valence-electron chi connectivity index (χ1n) is 10.3. The Balaban J connectivity index is 0.00000140. The lowest BCUT2D eigenvalue weighted by molar-refractivity contribution is -0.128. The summed E-state index contributed by atoms with van der Waals surface area (Å²) in [5.41, 5.74) is 7.42. The highest BCUT2D eigenvalue weighted by atomic mass is 35.5. The van der Waals surface area contributed by atoms with Gasteiger partial charge in [-0.05, 0) is 69.4 Å². The number of nitrogens with one attached hydrogen (secondary N) is 1. The molecule has 158 valence electrons. The van der Waals surface area contributed by atoms with E-state index in [0.717, 1.165) is 50.3 Å². The molecule has 2 atom stereocenters. The van der Waals surface area contributed by atoms with Crippen LogP contribution < -0.4 is 16.0 Å². The van der Waals surface area contributed by atoms with Gasteiger partial charge in [-0.25, -0.2) is 4.98 Å². The van der Waals surface area contributed by atoms with Crippen LogP contribution >= 0.6 is 24.8 Å². The first kappa shape index (κ1) is 23.2. The molecular formula is C21H34Cl2N4O. The molecule has 0 aromatic carbocycles. The molecule has 28 heavy (non-hydrogen) atoms. The Kier molecular flexibility index (Phi) is 8.41. The summed E-state index contributed by atoms with van der Waals surface area (Å²) in [5.74, 6) is 2.64. The number of hydrogen-bond acceptors (Lipinski definition) is 4. The predicted molar refractivity (Wildman–Crippen MR) is 118 cm³/mol. The Morgan fingerprint density at radius 2 is 1.75 bits per heavy atom. The average Bonchev–Trinajstić information content (AvgIpc) is 2.62. The van der Waals surface area contributed by atoms with Crippen LogP contribution in [-0.2, 0) is 4.79 Å². The maximum absolute atomic E-state index is 12.8. The molecule has 7 heteroatoms. The quantitative estimate of drug-likeness (QED) is 0.772. The van der Waals surface area contributed by atoms with Gasteiger partial charge in [0.1, 0.15) is 5.82 Å². The molecule has 3 aliphatic rings. The zero-order valence-corrected chi connectivity index (χ0v) is 18.3. The van der Waals surface area contributed by atoms with Gasteiger partial charge in [0.05, 0.1) is 0 Å². The summed E-state index contributed by atoms with van der Waals surface area (Å²) < 4.78 is 0. The number of aromatic nitrogens is 1. The standard InChI is InChI=1S/C21H32N4O.2ClH/c1-14-4-2-7-19(23-14)25-10-8-18(9-11-25)24-21(26)17-12-15-5-3-6-16(13-17)20(15)22;;/h2,4,7,15-18,20H,3,5-6,8-13,22H2,1H3,(H,24,26);2*1H. The summed E-state index contributed by atoms with van der Waals surface area (Å²) in [6.45, 7) is 3.95. The second-order valence-electron chi connectivity index (χ2n) is 8.60. The van der Waals surface area contributed by atoms with Crippen LogP contribution in [0.15, 0.2) is 18.2 Å². The third-order valence-corrected chi connectivity index (χ3v) is 6.82. The van der Waals surface area contributed by atoms with Crippen LogP contribution in [0.5, 0.6) is 0 Å². The number of fused-ring (bicyclic) bond motifs is 2. The van der Waals surface area contributed by atoms with E-state index < -0.39 is 0 Å². The lowest BCUT2D eigenvalue weighted by atomic mass is 9.65. The molecular weight excluding hydrogens is 395 g/mol. The molecule has 1 aliphatic heterocycles. The Labute approximate surface area is 181 Å². The maximum Gasteiger partial charge on any atom is 0.223 e. The van der Waals surface area contributed by atoms with Crippen molar-refractivity contribution in [1.29, 1.82) is 0 Å². The number of carbonyl (C=O) groups is 1. The van der Waals surface area contributed by atoms with Crippen molar-refractivity contribution in [3.05, 3.63) is 23.9 Å². The molecule has 2 unspecified atom stereocenters. The van der Waals surface area contributed by atoms with Crippen LogP contribution in [0, 0.1) is 24.7 Å². The number of anilines is 1. The van der Waals surface area contributed by atoms with E-state index in [0.29, 0.717) is 23.9 Å². The van der Waals surface area contributed by atoms with Gasteiger partial charge in [-0.3, -0.25) is 4.79 Å². The molecule has 2 saturated carbocycles. The average molecular weight is 429 g/mol. The van der Waals surface area contributed by atoms with Gasteiger partial charge in [0.2, 0.25) is 5.91 Å². The fourth-order valence-corrected chi connectivity index (χ4v) is 5.28. The number of rotatable bonds is 3. The van der Waals surface area contributed by atoms with Crippen molar-refractivity contribution in [3.8, 4) is 0 Å². The van der Waals surface area contributed by atoms with Gasteiger partial charge in [-0.1, -0.05) is 12.5 Å². The van der Waals surface area contributed by atoms with E-state index in [2.05, 4.69) is 27.3 Å². The molecule has 5 nitrogen and oxygen atoms in total. The monoisotopic (exact) mass is 428 g/mol. The van der Waals surface area contributed by atoms with Crippen molar-refractivity contribution in [2.75, 3.05) is 18.0 Å². The zero-order valence-electron chi connectivity index (χ0n) is 16.7. The van der Waals surface area contributed by atoms with Crippen LogP contribution in [-0.4, -0.2) is 36.1 Å². The fraction of sp³-hybridized carbons (Fsp3) is 0.714. The lowest BCUT2D eigenvalue weighted by Crippen LogP contribution is -2.51. The molecule has 2 aliphatic carbocycles. The number of nitrogens with two attached hydrogens (primary N) is 1. The van der Waals surface area contributed by atoms with Crippen LogP contribution in [0.2, 0.25) is 0 Å². The van der Waals surface area contributed by atoms with Crippen molar-refractivity contribution in [3.63, 3.8) is 0 Å². The SMILES string of the molecule is Cc1cccc(N2CCC(NC(=O)C3CC4CCCC(C3)C4N)CC2)n1.Cl.Cl. The maximum atomic E-state index is 12.8. The topological polar surface area (TPSA) is 71.2 Å². The number of aryl methyl sites for hydroxylation is 1. The highest BCUT2D eigenvalue weighted by Crippen LogP contribution is 2.42. The summed E-state index contributed by atoms with van der Waals surface area (Å²) in [6.07, 6.45) is 7.71. The minimum Gasteiger partial charge on any atom is -0.356 e. The Hall–Kier alpha value is -1.04. The third-order valence-electron chi connectivity index (χ3n) is 6.82. The molecule has 2 bridgehead atoms. The van der Waals surface area contributed by atoms with E-state index in [4.69, 9.17) is 5.73 Å². The summed E-state index contributed by atoms with van der Waals surface area (Å²) in [7, 11) is 0. The fourth-order valence-electron chi connectivity index (χ4n) is 5.28.